The highest BCUT2D eigenvalue weighted by Crippen LogP contribution is 2.26. The van der Waals surface area contributed by atoms with Crippen molar-refractivity contribution in [3.8, 4) is 0 Å². The molecule has 2 heterocycles. The molecule has 4 nitrogen and oxygen atoms in total. The van der Waals surface area contributed by atoms with Gasteiger partial charge in [-0.3, -0.25) is 0 Å². The number of hydrogen-bond acceptors (Lipinski definition) is 3. The van der Waals surface area contributed by atoms with Gasteiger partial charge in [-0.25, -0.2) is 9.37 Å². The molecule has 4 rings (SSSR count). The second-order valence-electron chi connectivity index (χ2n) is 6.44. The summed E-state index contributed by atoms with van der Waals surface area (Å²) >= 11 is 0. The van der Waals surface area contributed by atoms with Crippen molar-refractivity contribution in [2.24, 2.45) is 0 Å². The Bertz CT molecular complexity index is 663. The number of halogens is 1. The Kier molecular flexibility index (Phi) is 3.84. The Morgan fingerprint density at radius 2 is 2.14 bits per heavy atom. The van der Waals surface area contributed by atoms with E-state index in [1.807, 2.05) is 6.07 Å². The lowest BCUT2D eigenvalue weighted by Crippen LogP contribution is -2.38. The SMILES string of the molecule is Fc1ccc2c(c1)nc1n2[C@@H](CNC2CCCCC2)COC1. The van der Waals surface area contributed by atoms with E-state index in [0.717, 1.165) is 23.4 Å². The molecule has 1 aliphatic carbocycles. The summed E-state index contributed by atoms with van der Waals surface area (Å²) < 4.78 is 21.3. The summed E-state index contributed by atoms with van der Waals surface area (Å²) in [4.78, 5) is 4.53. The Labute approximate surface area is 129 Å². The third-order valence-electron chi connectivity index (χ3n) is 4.88. The van der Waals surface area contributed by atoms with Crippen LogP contribution >= 0.6 is 0 Å². The number of hydrogen-bond donors (Lipinski definition) is 1. The first-order valence-corrected chi connectivity index (χ1v) is 8.29. The zero-order valence-corrected chi connectivity index (χ0v) is 12.7. The predicted molar refractivity (Wildman–Crippen MR) is 83.3 cm³/mol. The quantitative estimate of drug-likeness (QED) is 0.946. The summed E-state index contributed by atoms with van der Waals surface area (Å²) in [7, 11) is 0. The van der Waals surface area contributed by atoms with E-state index in [0.29, 0.717) is 19.3 Å². The van der Waals surface area contributed by atoms with Gasteiger partial charge in [-0.05, 0) is 25.0 Å². The average Bonchev–Trinajstić information content (AvgIpc) is 2.91. The molecular formula is C17H22FN3O. The number of rotatable bonds is 3. The number of nitrogens with zero attached hydrogens (tertiary/aromatic N) is 2. The van der Waals surface area contributed by atoms with Gasteiger partial charge in [0.25, 0.3) is 0 Å². The second-order valence-corrected chi connectivity index (χ2v) is 6.44. The number of imidazole rings is 1. The maximum atomic E-state index is 13.4. The first-order chi connectivity index (χ1) is 10.8. The van der Waals surface area contributed by atoms with E-state index in [1.54, 1.807) is 0 Å². The van der Waals surface area contributed by atoms with Crippen LogP contribution in [0, 0.1) is 5.82 Å². The first-order valence-electron chi connectivity index (χ1n) is 8.29. The van der Waals surface area contributed by atoms with Crippen LogP contribution in [0.3, 0.4) is 0 Å². The molecule has 0 spiro atoms. The van der Waals surface area contributed by atoms with E-state index in [1.165, 1.54) is 44.2 Å². The number of ether oxygens (including phenoxy) is 1. The van der Waals surface area contributed by atoms with Crippen molar-refractivity contribution in [3.05, 3.63) is 29.8 Å². The van der Waals surface area contributed by atoms with E-state index in [-0.39, 0.29) is 11.9 Å². The predicted octanol–water partition coefficient (Wildman–Crippen LogP) is 3.17. The molecule has 22 heavy (non-hydrogen) atoms. The molecule has 118 valence electrons. The molecule has 1 fully saturated rings. The van der Waals surface area contributed by atoms with E-state index in [2.05, 4.69) is 14.9 Å². The summed E-state index contributed by atoms with van der Waals surface area (Å²) in [6.45, 7) is 2.09. The number of aromatic nitrogens is 2. The standard InChI is InChI=1S/C17H22FN3O/c18-12-6-7-16-15(8-12)20-17-11-22-10-14(21(16)17)9-19-13-4-2-1-3-5-13/h6-8,13-14,19H,1-5,9-11H2/t14-/m0/s1. The van der Waals surface area contributed by atoms with Gasteiger partial charge in [0.1, 0.15) is 18.2 Å². The third kappa shape index (κ3) is 2.63. The van der Waals surface area contributed by atoms with Crippen molar-refractivity contribution in [1.82, 2.24) is 14.9 Å². The van der Waals surface area contributed by atoms with Crippen LogP contribution in [0.2, 0.25) is 0 Å². The second kappa shape index (κ2) is 5.97. The average molecular weight is 303 g/mol. The molecule has 5 heteroatoms. The van der Waals surface area contributed by atoms with Gasteiger partial charge >= 0.3 is 0 Å². The topological polar surface area (TPSA) is 39.1 Å². The van der Waals surface area contributed by atoms with Gasteiger partial charge in [0.05, 0.1) is 23.7 Å². The van der Waals surface area contributed by atoms with Gasteiger partial charge in [-0.1, -0.05) is 19.3 Å². The monoisotopic (exact) mass is 303 g/mol. The van der Waals surface area contributed by atoms with Gasteiger partial charge in [0.15, 0.2) is 0 Å². The molecule has 0 amide bonds. The number of fused-ring (bicyclic) bond motifs is 3. The molecule has 2 aliphatic rings. The van der Waals surface area contributed by atoms with Crippen LogP contribution in [0.15, 0.2) is 18.2 Å². The lowest BCUT2D eigenvalue weighted by Gasteiger charge is -2.30. The van der Waals surface area contributed by atoms with Gasteiger partial charge in [-0.15, -0.1) is 0 Å². The van der Waals surface area contributed by atoms with Crippen molar-refractivity contribution < 1.29 is 9.13 Å². The van der Waals surface area contributed by atoms with Gasteiger partial charge in [-0.2, -0.15) is 0 Å². The molecule has 0 saturated heterocycles. The van der Waals surface area contributed by atoms with E-state index < -0.39 is 0 Å². The van der Waals surface area contributed by atoms with Gasteiger partial charge < -0.3 is 14.6 Å². The van der Waals surface area contributed by atoms with E-state index >= 15 is 0 Å². The fourth-order valence-electron chi connectivity index (χ4n) is 3.75. The van der Waals surface area contributed by atoms with Crippen LogP contribution in [0.4, 0.5) is 4.39 Å². The van der Waals surface area contributed by atoms with Crippen molar-refractivity contribution in [2.75, 3.05) is 13.2 Å². The molecular weight excluding hydrogens is 281 g/mol. The van der Waals surface area contributed by atoms with Crippen molar-refractivity contribution >= 4 is 11.0 Å². The molecule has 1 aromatic heterocycles. The van der Waals surface area contributed by atoms with E-state index in [4.69, 9.17) is 4.74 Å². The fraction of sp³-hybridized carbons (Fsp3) is 0.588. The van der Waals surface area contributed by atoms with Crippen LogP contribution < -0.4 is 5.32 Å². The Hall–Kier alpha value is -1.46. The Morgan fingerprint density at radius 3 is 3.00 bits per heavy atom. The highest BCUT2D eigenvalue weighted by molar-refractivity contribution is 5.76. The molecule has 1 aromatic carbocycles. The number of nitrogens with one attached hydrogen (secondary N) is 1. The van der Waals surface area contributed by atoms with Crippen LogP contribution in [0.1, 0.15) is 44.0 Å². The Morgan fingerprint density at radius 1 is 1.27 bits per heavy atom. The normalized spacial score (nSPS) is 22.9. The minimum atomic E-state index is -0.235. The van der Waals surface area contributed by atoms with Crippen LogP contribution in [0.5, 0.6) is 0 Å². The smallest absolute Gasteiger partial charge is 0.136 e. The lowest BCUT2D eigenvalue weighted by atomic mass is 9.95. The molecule has 0 radical (unpaired) electrons. The Balaban J connectivity index is 1.56. The minimum absolute atomic E-state index is 0.235. The highest BCUT2D eigenvalue weighted by atomic mass is 19.1. The summed E-state index contributed by atoms with van der Waals surface area (Å²) in [5.74, 6) is 0.669. The maximum Gasteiger partial charge on any atom is 0.136 e. The molecule has 1 N–H and O–H groups in total. The van der Waals surface area contributed by atoms with Gasteiger partial charge in [0, 0.05) is 18.7 Å². The van der Waals surface area contributed by atoms with Crippen molar-refractivity contribution in [1.29, 1.82) is 0 Å². The molecule has 0 unspecified atom stereocenters. The number of benzene rings is 1. The fourth-order valence-corrected chi connectivity index (χ4v) is 3.75. The van der Waals surface area contributed by atoms with Crippen LogP contribution in [0.25, 0.3) is 11.0 Å². The van der Waals surface area contributed by atoms with Crippen LogP contribution in [-0.2, 0) is 11.3 Å². The largest absolute Gasteiger partial charge is 0.371 e. The van der Waals surface area contributed by atoms with Crippen LogP contribution in [-0.4, -0.2) is 28.7 Å². The third-order valence-corrected chi connectivity index (χ3v) is 4.88. The molecule has 1 aliphatic heterocycles. The summed E-state index contributed by atoms with van der Waals surface area (Å²) in [5.41, 5.74) is 1.73. The summed E-state index contributed by atoms with van der Waals surface area (Å²) in [6, 6.07) is 5.72. The van der Waals surface area contributed by atoms with Crippen molar-refractivity contribution in [2.45, 2.75) is 50.8 Å². The van der Waals surface area contributed by atoms with Gasteiger partial charge in [0.2, 0.25) is 0 Å². The molecule has 1 saturated carbocycles. The maximum absolute atomic E-state index is 13.4. The minimum Gasteiger partial charge on any atom is -0.371 e. The van der Waals surface area contributed by atoms with E-state index in [9.17, 15) is 4.39 Å². The zero-order chi connectivity index (χ0) is 14.9. The summed E-state index contributed by atoms with van der Waals surface area (Å²) in [5, 5.41) is 3.70. The zero-order valence-electron chi connectivity index (χ0n) is 12.7. The van der Waals surface area contributed by atoms with Crippen molar-refractivity contribution in [3.63, 3.8) is 0 Å². The first kappa shape index (κ1) is 14.2. The highest BCUT2D eigenvalue weighted by Gasteiger charge is 2.25. The lowest BCUT2D eigenvalue weighted by molar-refractivity contribution is 0.0551. The molecule has 2 aromatic rings. The molecule has 1 atom stereocenters. The summed E-state index contributed by atoms with van der Waals surface area (Å²) in [6.07, 6.45) is 6.58. The molecule has 0 bridgehead atoms.